The molecule has 0 unspecified atom stereocenters. The summed E-state index contributed by atoms with van der Waals surface area (Å²) >= 11 is 1.81. The molecular formula is C13H18N2OS. The first-order chi connectivity index (χ1) is 8.28. The number of nitrogens with zero attached hydrogens (tertiary/aromatic N) is 2. The summed E-state index contributed by atoms with van der Waals surface area (Å²) in [6.45, 7) is 6.98. The standard InChI is InChI=1S/C13H18N2OS/c1-2-15-7-10-6-14(9-12(10)13(15)16)8-11-4-3-5-17-11/h3-5,10,12H,2,6-9H2,1H3/t10-,12-/m1/s1. The molecule has 2 aliphatic heterocycles. The van der Waals surface area contributed by atoms with Crippen LogP contribution in [0.3, 0.4) is 0 Å². The molecule has 3 heterocycles. The molecule has 3 nitrogen and oxygen atoms in total. The van der Waals surface area contributed by atoms with E-state index in [1.807, 2.05) is 4.90 Å². The summed E-state index contributed by atoms with van der Waals surface area (Å²) in [6, 6.07) is 4.28. The molecule has 2 saturated heterocycles. The lowest BCUT2D eigenvalue weighted by atomic mass is 10.0. The zero-order chi connectivity index (χ0) is 11.8. The van der Waals surface area contributed by atoms with E-state index in [1.165, 1.54) is 4.88 Å². The van der Waals surface area contributed by atoms with Crippen LogP contribution in [0.4, 0.5) is 0 Å². The summed E-state index contributed by atoms with van der Waals surface area (Å²) < 4.78 is 0. The van der Waals surface area contributed by atoms with Gasteiger partial charge >= 0.3 is 0 Å². The van der Waals surface area contributed by atoms with E-state index in [4.69, 9.17) is 0 Å². The predicted octanol–water partition coefficient (Wildman–Crippen LogP) is 1.66. The smallest absolute Gasteiger partial charge is 0.227 e. The van der Waals surface area contributed by atoms with Crippen LogP contribution in [0.25, 0.3) is 0 Å². The Labute approximate surface area is 106 Å². The van der Waals surface area contributed by atoms with Crippen molar-refractivity contribution < 1.29 is 4.79 Å². The van der Waals surface area contributed by atoms with Crippen molar-refractivity contribution in [2.24, 2.45) is 11.8 Å². The lowest BCUT2D eigenvalue weighted by molar-refractivity contribution is -0.130. The van der Waals surface area contributed by atoms with Gasteiger partial charge in [0, 0.05) is 43.5 Å². The first-order valence-corrected chi connectivity index (χ1v) is 7.19. The van der Waals surface area contributed by atoms with Crippen LogP contribution in [-0.4, -0.2) is 41.9 Å². The molecular weight excluding hydrogens is 232 g/mol. The van der Waals surface area contributed by atoms with Crippen LogP contribution in [0.1, 0.15) is 11.8 Å². The second-order valence-electron chi connectivity index (χ2n) is 5.02. The number of rotatable bonds is 3. The highest BCUT2D eigenvalue weighted by atomic mass is 32.1. The van der Waals surface area contributed by atoms with Gasteiger partial charge < -0.3 is 4.90 Å². The van der Waals surface area contributed by atoms with E-state index in [1.54, 1.807) is 11.3 Å². The monoisotopic (exact) mass is 250 g/mol. The third kappa shape index (κ3) is 2.00. The zero-order valence-electron chi connectivity index (χ0n) is 10.1. The molecule has 0 bridgehead atoms. The summed E-state index contributed by atoms with van der Waals surface area (Å²) in [5.41, 5.74) is 0. The Morgan fingerprint density at radius 2 is 2.29 bits per heavy atom. The fourth-order valence-corrected chi connectivity index (χ4v) is 3.82. The van der Waals surface area contributed by atoms with E-state index < -0.39 is 0 Å². The number of amides is 1. The lowest BCUT2D eigenvalue weighted by Crippen LogP contribution is -2.32. The van der Waals surface area contributed by atoms with Crippen molar-refractivity contribution in [3.8, 4) is 0 Å². The van der Waals surface area contributed by atoms with Gasteiger partial charge in [-0.1, -0.05) is 6.07 Å². The van der Waals surface area contributed by atoms with Crippen molar-refractivity contribution in [3.63, 3.8) is 0 Å². The van der Waals surface area contributed by atoms with E-state index in [9.17, 15) is 4.79 Å². The van der Waals surface area contributed by atoms with Gasteiger partial charge in [0.25, 0.3) is 0 Å². The molecule has 0 N–H and O–H groups in total. The van der Waals surface area contributed by atoms with E-state index in [0.29, 0.717) is 11.8 Å². The maximum atomic E-state index is 12.1. The highest BCUT2D eigenvalue weighted by Crippen LogP contribution is 2.33. The van der Waals surface area contributed by atoms with Crippen molar-refractivity contribution >= 4 is 17.2 Å². The topological polar surface area (TPSA) is 23.6 Å². The normalized spacial score (nSPS) is 29.0. The highest BCUT2D eigenvalue weighted by molar-refractivity contribution is 7.09. The molecule has 2 fully saturated rings. The molecule has 1 amide bonds. The van der Waals surface area contributed by atoms with Crippen molar-refractivity contribution in [1.29, 1.82) is 0 Å². The predicted molar refractivity (Wildman–Crippen MR) is 68.8 cm³/mol. The second-order valence-corrected chi connectivity index (χ2v) is 6.05. The molecule has 0 spiro atoms. The van der Waals surface area contributed by atoms with Crippen molar-refractivity contribution in [3.05, 3.63) is 22.4 Å². The fourth-order valence-electron chi connectivity index (χ4n) is 3.07. The molecule has 0 radical (unpaired) electrons. The van der Waals surface area contributed by atoms with E-state index in [0.717, 1.165) is 32.7 Å². The van der Waals surface area contributed by atoms with Crippen molar-refractivity contribution in [2.45, 2.75) is 13.5 Å². The van der Waals surface area contributed by atoms with Crippen molar-refractivity contribution in [2.75, 3.05) is 26.2 Å². The molecule has 3 rings (SSSR count). The van der Waals surface area contributed by atoms with Gasteiger partial charge in [-0.3, -0.25) is 9.69 Å². The zero-order valence-corrected chi connectivity index (χ0v) is 10.9. The van der Waals surface area contributed by atoms with Gasteiger partial charge in [0.05, 0.1) is 5.92 Å². The number of hydrogen-bond donors (Lipinski definition) is 0. The Kier molecular flexibility index (Phi) is 2.92. The van der Waals surface area contributed by atoms with Gasteiger partial charge in [-0.15, -0.1) is 11.3 Å². The minimum atomic E-state index is 0.273. The van der Waals surface area contributed by atoms with Gasteiger partial charge in [0.2, 0.25) is 5.91 Å². The number of thiophene rings is 1. The third-order valence-electron chi connectivity index (χ3n) is 3.94. The summed E-state index contributed by atoms with van der Waals surface area (Å²) in [7, 11) is 0. The van der Waals surface area contributed by atoms with E-state index in [2.05, 4.69) is 29.3 Å². The number of carbonyl (C=O) groups excluding carboxylic acids is 1. The van der Waals surface area contributed by atoms with Crippen LogP contribution in [0.15, 0.2) is 17.5 Å². The summed E-state index contributed by atoms with van der Waals surface area (Å²) in [6.07, 6.45) is 0. The molecule has 92 valence electrons. The van der Waals surface area contributed by atoms with Crippen LogP contribution >= 0.6 is 11.3 Å². The molecule has 1 aromatic heterocycles. The quantitative estimate of drug-likeness (QED) is 0.814. The molecule has 0 aromatic carbocycles. The first kappa shape index (κ1) is 11.2. The summed E-state index contributed by atoms with van der Waals surface area (Å²) in [4.78, 5) is 17.9. The molecule has 2 atom stereocenters. The number of carbonyl (C=O) groups is 1. The largest absolute Gasteiger partial charge is 0.342 e. The average Bonchev–Trinajstić information content (AvgIpc) is 2.99. The molecule has 17 heavy (non-hydrogen) atoms. The molecule has 1 aromatic rings. The number of fused-ring (bicyclic) bond motifs is 1. The second kappa shape index (κ2) is 4.42. The maximum absolute atomic E-state index is 12.1. The Morgan fingerprint density at radius 3 is 2.94 bits per heavy atom. The molecule has 0 aliphatic carbocycles. The van der Waals surface area contributed by atoms with Gasteiger partial charge in [-0.05, 0) is 18.4 Å². The Balaban J connectivity index is 1.63. The van der Waals surface area contributed by atoms with E-state index in [-0.39, 0.29) is 5.92 Å². The minimum Gasteiger partial charge on any atom is -0.342 e. The third-order valence-corrected chi connectivity index (χ3v) is 4.80. The number of hydrogen-bond acceptors (Lipinski definition) is 3. The SMILES string of the molecule is CCN1C[C@H]2CN(Cc3cccs3)C[C@H]2C1=O. The number of likely N-dealkylation sites (tertiary alicyclic amines) is 2. The maximum Gasteiger partial charge on any atom is 0.227 e. The van der Waals surface area contributed by atoms with Crippen LogP contribution in [0, 0.1) is 11.8 Å². The molecule has 0 saturated carbocycles. The van der Waals surface area contributed by atoms with Gasteiger partial charge in [0.1, 0.15) is 0 Å². The van der Waals surface area contributed by atoms with Crippen LogP contribution in [0.2, 0.25) is 0 Å². The average molecular weight is 250 g/mol. The summed E-state index contributed by atoms with van der Waals surface area (Å²) in [5, 5.41) is 2.12. The van der Waals surface area contributed by atoms with E-state index >= 15 is 0 Å². The Hall–Kier alpha value is -0.870. The first-order valence-electron chi connectivity index (χ1n) is 6.31. The molecule has 4 heteroatoms. The fraction of sp³-hybridized carbons (Fsp3) is 0.615. The van der Waals surface area contributed by atoms with Crippen LogP contribution in [-0.2, 0) is 11.3 Å². The van der Waals surface area contributed by atoms with Gasteiger partial charge in [0.15, 0.2) is 0 Å². The Bertz CT molecular complexity index is 404. The highest BCUT2D eigenvalue weighted by Gasteiger charge is 2.45. The molecule has 2 aliphatic rings. The van der Waals surface area contributed by atoms with Crippen molar-refractivity contribution in [1.82, 2.24) is 9.80 Å². The summed E-state index contributed by atoms with van der Waals surface area (Å²) in [5.74, 6) is 1.23. The van der Waals surface area contributed by atoms with Gasteiger partial charge in [-0.25, -0.2) is 0 Å². The lowest BCUT2D eigenvalue weighted by Gasteiger charge is -2.19. The van der Waals surface area contributed by atoms with Crippen LogP contribution in [0.5, 0.6) is 0 Å². The van der Waals surface area contributed by atoms with Crippen LogP contribution < -0.4 is 0 Å². The minimum absolute atomic E-state index is 0.273. The van der Waals surface area contributed by atoms with Gasteiger partial charge in [-0.2, -0.15) is 0 Å². The Morgan fingerprint density at radius 1 is 1.41 bits per heavy atom.